The molecule has 0 aliphatic carbocycles. The summed E-state index contributed by atoms with van der Waals surface area (Å²) in [6, 6.07) is 20.2. The summed E-state index contributed by atoms with van der Waals surface area (Å²) in [5, 5.41) is 6.66. The Bertz CT molecular complexity index is 808. The lowest BCUT2D eigenvalue weighted by Crippen LogP contribution is -2.06. The normalized spacial score (nSPS) is 10.3. The van der Waals surface area contributed by atoms with E-state index < -0.39 is 0 Å². The average molecular weight is 348 g/mol. The number of rotatable bonds is 9. The van der Waals surface area contributed by atoms with Gasteiger partial charge in [0.25, 0.3) is 0 Å². The second-order valence-electron chi connectivity index (χ2n) is 5.86. The molecule has 134 valence electrons. The van der Waals surface area contributed by atoms with Crippen molar-refractivity contribution in [2.24, 2.45) is 0 Å². The molecule has 0 atom stereocenters. The van der Waals surface area contributed by atoms with Crippen LogP contribution in [-0.4, -0.2) is 23.1 Å². The van der Waals surface area contributed by atoms with E-state index in [-0.39, 0.29) is 0 Å². The second-order valence-corrected chi connectivity index (χ2v) is 5.86. The van der Waals surface area contributed by atoms with Crippen LogP contribution in [0.2, 0.25) is 0 Å². The van der Waals surface area contributed by atoms with E-state index in [4.69, 9.17) is 4.74 Å². The third-order valence-corrected chi connectivity index (χ3v) is 3.91. The van der Waals surface area contributed by atoms with Crippen molar-refractivity contribution in [1.29, 1.82) is 0 Å². The van der Waals surface area contributed by atoms with Crippen molar-refractivity contribution in [3.8, 4) is 5.75 Å². The number of hydrogen-bond acceptors (Lipinski definition) is 5. The Morgan fingerprint density at radius 3 is 2.54 bits per heavy atom. The first-order chi connectivity index (χ1) is 12.8. The Balaban J connectivity index is 1.55. The summed E-state index contributed by atoms with van der Waals surface area (Å²) in [6.07, 6.45) is 3.65. The van der Waals surface area contributed by atoms with Crippen molar-refractivity contribution < 1.29 is 4.74 Å². The van der Waals surface area contributed by atoms with Crippen molar-refractivity contribution in [1.82, 2.24) is 9.97 Å². The highest BCUT2D eigenvalue weighted by atomic mass is 16.5. The Hall–Kier alpha value is -3.08. The highest BCUT2D eigenvalue weighted by molar-refractivity contribution is 5.65. The van der Waals surface area contributed by atoms with Gasteiger partial charge in [0.15, 0.2) is 0 Å². The standard InChI is InChI=1S/C21H24N4O/c1-2-26-19-13-7-6-12-18(19)25-21-15-20(23-16-24-21)22-14-8-11-17-9-4-3-5-10-17/h3-7,9-10,12-13,15-16H,2,8,11,14H2,1H3,(H2,22,23,24,25). The van der Waals surface area contributed by atoms with Crippen LogP contribution in [0.4, 0.5) is 17.3 Å². The first-order valence-electron chi connectivity index (χ1n) is 8.94. The predicted octanol–water partition coefficient (Wildman–Crippen LogP) is 4.66. The van der Waals surface area contributed by atoms with Gasteiger partial charge >= 0.3 is 0 Å². The molecule has 0 aliphatic heterocycles. The number of aryl methyl sites for hydroxylation is 1. The van der Waals surface area contributed by atoms with Crippen LogP contribution < -0.4 is 15.4 Å². The van der Waals surface area contributed by atoms with Crippen molar-refractivity contribution in [2.45, 2.75) is 19.8 Å². The summed E-state index contributed by atoms with van der Waals surface area (Å²) < 4.78 is 5.64. The molecular formula is C21H24N4O. The third-order valence-electron chi connectivity index (χ3n) is 3.91. The summed E-state index contributed by atoms with van der Waals surface area (Å²) in [5.74, 6) is 2.35. The molecule has 0 radical (unpaired) electrons. The van der Waals surface area contributed by atoms with Crippen molar-refractivity contribution in [3.63, 3.8) is 0 Å². The molecule has 0 fully saturated rings. The molecule has 0 amide bonds. The van der Waals surface area contributed by atoms with E-state index in [0.717, 1.165) is 42.5 Å². The fourth-order valence-electron chi connectivity index (χ4n) is 2.67. The van der Waals surface area contributed by atoms with Crippen molar-refractivity contribution >= 4 is 17.3 Å². The Kier molecular flexibility index (Phi) is 6.42. The second kappa shape index (κ2) is 9.42. The van der Waals surface area contributed by atoms with Gasteiger partial charge in [0.1, 0.15) is 23.7 Å². The van der Waals surface area contributed by atoms with E-state index in [1.54, 1.807) is 6.33 Å². The quantitative estimate of drug-likeness (QED) is 0.551. The van der Waals surface area contributed by atoms with Crippen LogP contribution >= 0.6 is 0 Å². The zero-order valence-electron chi connectivity index (χ0n) is 15.0. The van der Waals surface area contributed by atoms with E-state index in [1.165, 1.54) is 5.56 Å². The van der Waals surface area contributed by atoms with Crippen molar-refractivity contribution in [2.75, 3.05) is 23.8 Å². The lowest BCUT2D eigenvalue weighted by Gasteiger charge is -2.12. The van der Waals surface area contributed by atoms with Gasteiger partial charge in [0, 0.05) is 12.6 Å². The van der Waals surface area contributed by atoms with Crippen LogP contribution in [0.3, 0.4) is 0 Å². The number of benzene rings is 2. The van der Waals surface area contributed by atoms with Crippen LogP contribution in [-0.2, 0) is 6.42 Å². The molecule has 0 spiro atoms. The number of para-hydroxylation sites is 2. The zero-order valence-corrected chi connectivity index (χ0v) is 15.0. The van der Waals surface area contributed by atoms with E-state index in [9.17, 15) is 0 Å². The highest BCUT2D eigenvalue weighted by Crippen LogP contribution is 2.27. The molecule has 0 saturated carbocycles. The fourth-order valence-corrected chi connectivity index (χ4v) is 2.67. The fraction of sp³-hybridized carbons (Fsp3) is 0.238. The minimum Gasteiger partial charge on any atom is -0.492 e. The largest absolute Gasteiger partial charge is 0.492 e. The van der Waals surface area contributed by atoms with Crippen LogP contribution in [0.1, 0.15) is 18.9 Å². The van der Waals surface area contributed by atoms with Crippen LogP contribution in [0.25, 0.3) is 0 Å². The molecule has 5 nitrogen and oxygen atoms in total. The van der Waals surface area contributed by atoms with Gasteiger partial charge in [-0.2, -0.15) is 0 Å². The van der Waals surface area contributed by atoms with Gasteiger partial charge in [-0.1, -0.05) is 42.5 Å². The summed E-state index contributed by atoms with van der Waals surface area (Å²) in [6.45, 7) is 3.45. The van der Waals surface area contributed by atoms with Gasteiger partial charge in [-0.3, -0.25) is 0 Å². The maximum atomic E-state index is 5.64. The smallest absolute Gasteiger partial charge is 0.142 e. The minimum atomic E-state index is 0.622. The Morgan fingerprint density at radius 2 is 1.69 bits per heavy atom. The lowest BCUT2D eigenvalue weighted by molar-refractivity contribution is 0.342. The molecule has 2 N–H and O–H groups in total. The molecule has 3 rings (SSSR count). The summed E-state index contributed by atoms with van der Waals surface area (Å²) in [7, 11) is 0. The van der Waals surface area contributed by atoms with E-state index in [0.29, 0.717) is 6.61 Å². The molecular weight excluding hydrogens is 324 g/mol. The Labute approximate surface area is 154 Å². The number of nitrogens with zero attached hydrogens (tertiary/aromatic N) is 2. The lowest BCUT2D eigenvalue weighted by atomic mass is 10.1. The molecule has 1 aromatic heterocycles. The van der Waals surface area contributed by atoms with Crippen LogP contribution in [0.15, 0.2) is 67.0 Å². The maximum Gasteiger partial charge on any atom is 0.142 e. The maximum absolute atomic E-state index is 5.64. The minimum absolute atomic E-state index is 0.622. The summed E-state index contributed by atoms with van der Waals surface area (Å²) in [4.78, 5) is 8.58. The SMILES string of the molecule is CCOc1ccccc1Nc1cc(NCCCc2ccccc2)ncn1. The van der Waals surface area contributed by atoms with E-state index >= 15 is 0 Å². The van der Waals surface area contributed by atoms with Gasteiger partial charge in [-0.25, -0.2) is 9.97 Å². The van der Waals surface area contributed by atoms with E-state index in [2.05, 4.69) is 44.9 Å². The predicted molar refractivity (Wildman–Crippen MR) is 106 cm³/mol. The first kappa shape index (κ1) is 17.7. The molecule has 0 aliphatic rings. The Morgan fingerprint density at radius 1 is 0.923 bits per heavy atom. The van der Waals surface area contributed by atoms with Gasteiger partial charge in [0.05, 0.1) is 12.3 Å². The summed E-state index contributed by atoms with van der Waals surface area (Å²) in [5.41, 5.74) is 2.25. The molecule has 1 heterocycles. The molecule has 0 bridgehead atoms. The average Bonchev–Trinajstić information content (AvgIpc) is 2.68. The van der Waals surface area contributed by atoms with E-state index in [1.807, 2.05) is 43.3 Å². The van der Waals surface area contributed by atoms with Crippen LogP contribution in [0, 0.1) is 0 Å². The number of hydrogen-bond donors (Lipinski definition) is 2. The van der Waals surface area contributed by atoms with Gasteiger partial charge in [-0.05, 0) is 37.5 Å². The molecule has 3 aromatic rings. The molecule has 5 heteroatoms. The number of aromatic nitrogens is 2. The molecule has 0 unspecified atom stereocenters. The summed E-state index contributed by atoms with van der Waals surface area (Å²) >= 11 is 0. The monoisotopic (exact) mass is 348 g/mol. The van der Waals surface area contributed by atoms with Crippen molar-refractivity contribution in [3.05, 3.63) is 72.6 Å². The topological polar surface area (TPSA) is 59.1 Å². The van der Waals surface area contributed by atoms with Gasteiger partial charge in [0.2, 0.25) is 0 Å². The molecule has 26 heavy (non-hydrogen) atoms. The highest BCUT2D eigenvalue weighted by Gasteiger charge is 2.04. The third kappa shape index (κ3) is 5.21. The van der Waals surface area contributed by atoms with Crippen LogP contribution in [0.5, 0.6) is 5.75 Å². The van der Waals surface area contributed by atoms with Gasteiger partial charge < -0.3 is 15.4 Å². The molecule has 2 aromatic carbocycles. The van der Waals surface area contributed by atoms with Gasteiger partial charge in [-0.15, -0.1) is 0 Å². The molecule has 0 saturated heterocycles. The zero-order chi connectivity index (χ0) is 18.0. The number of nitrogens with one attached hydrogen (secondary N) is 2. The number of anilines is 3. The number of ether oxygens (including phenoxy) is 1. The first-order valence-corrected chi connectivity index (χ1v) is 8.94.